The minimum atomic E-state index is -0.565. The van der Waals surface area contributed by atoms with Crippen molar-refractivity contribution >= 4 is 0 Å². The van der Waals surface area contributed by atoms with E-state index in [1.165, 1.54) is 13.2 Å². The first-order valence-corrected chi connectivity index (χ1v) is 5.85. The predicted molar refractivity (Wildman–Crippen MR) is 63.7 cm³/mol. The average Bonchev–Trinajstić information content (AvgIpc) is 2.26. The number of nitrogens with two attached hydrogens (primary N) is 1. The molecule has 0 saturated carbocycles. The van der Waals surface area contributed by atoms with Crippen LogP contribution in [0, 0.1) is 11.6 Å². The Labute approximate surface area is 105 Å². The molecule has 1 aromatic rings. The summed E-state index contributed by atoms with van der Waals surface area (Å²) in [6, 6.07) is 2.17. The number of rotatable bonds is 4. The molecule has 2 rings (SSSR count). The highest BCUT2D eigenvalue weighted by atomic mass is 19.1. The summed E-state index contributed by atoms with van der Waals surface area (Å²) in [6.45, 7) is 2.59. The van der Waals surface area contributed by atoms with Crippen LogP contribution in [-0.4, -0.2) is 26.4 Å². The summed E-state index contributed by atoms with van der Waals surface area (Å²) < 4.78 is 37.7. The van der Waals surface area contributed by atoms with Gasteiger partial charge in [0, 0.05) is 23.1 Å². The fraction of sp³-hybridized carbons (Fsp3) is 0.538. The van der Waals surface area contributed by atoms with Crippen LogP contribution in [0.2, 0.25) is 0 Å². The molecule has 0 aromatic heterocycles. The Morgan fingerprint density at radius 3 is 2.50 bits per heavy atom. The quantitative estimate of drug-likeness (QED) is 0.897. The molecular weight excluding hydrogens is 240 g/mol. The van der Waals surface area contributed by atoms with Crippen molar-refractivity contribution in [1.82, 2.24) is 0 Å². The van der Waals surface area contributed by atoms with E-state index in [1.54, 1.807) is 0 Å². The molecule has 5 heteroatoms. The largest absolute Gasteiger partial charge is 0.494 e. The average molecular weight is 257 g/mol. The van der Waals surface area contributed by atoms with Gasteiger partial charge in [-0.1, -0.05) is 0 Å². The topological polar surface area (TPSA) is 44.5 Å². The van der Waals surface area contributed by atoms with Crippen molar-refractivity contribution in [3.63, 3.8) is 0 Å². The first kappa shape index (κ1) is 13.2. The predicted octanol–water partition coefficient (Wildman–Crippen LogP) is 1.98. The second kappa shape index (κ2) is 4.82. The molecule has 0 bridgehead atoms. The number of hydrogen-bond donors (Lipinski definition) is 1. The van der Waals surface area contributed by atoms with Gasteiger partial charge in [-0.15, -0.1) is 0 Å². The lowest BCUT2D eigenvalue weighted by molar-refractivity contribution is -0.0682. The summed E-state index contributed by atoms with van der Waals surface area (Å²) in [7, 11) is 1.31. The molecule has 0 spiro atoms. The Balaban J connectivity index is 2.40. The highest BCUT2D eigenvalue weighted by Crippen LogP contribution is 2.39. The zero-order valence-electron chi connectivity index (χ0n) is 10.5. The van der Waals surface area contributed by atoms with Gasteiger partial charge in [0.05, 0.1) is 20.3 Å². The van der Waals surface area contributed by atoms with Gasteiger partial charge in [0.25, 0.3) is 0 Å². The molecule has 1 heterocycles. The molecule has 1 saturated heterocycles. The molecule has 1 fully saturated rings. The molecule has 18 heavy (non-hydrogen) atoms. The van der Waals surface area contributed by atoms with Gasteiger partial charge in [-0.25, -0.2) is 8.78 Å². The van der Waals surface area contributed by atoms with E-state index in [1.807, 2.05) is 6.92 Å². The van der Waals surface area contributed by atoms with Crippen LogP contribution in [-0.2, 0) is 10.2 Å². The first-order chi connectivity index (χ1) is 8.48. The Bertz CT molecular complexity index is 445. The van der Waals surface area contributed by atoms with Crippen LogP contribution in [0.4, 0.5) is 8.78 Å². The Kier molecular flexibility index (Phi) is 3.54. The number of ether oxygens (including phenoxy) is 2. The van der Waals surface area contributed by atoms with E-state index in [0.29, 0.717) is 25.2 Å². The molecule has 1 aliphatic rings. The van der Waals surface area contributed by atoms with Crippen molar-refractivity contribution in [2.24, 2.45) is 5.73 Å². The van der Waals surface area contributed by atoms with Crippen LogP contribution in [0.5, 0.6) is 5.75 Å². The maximum atomic E-state index is 14.0. The Morgan fingerprint density at radius 1 is 1.39 bits per heavy atom. The first-order valence-electron chi connectivity index (χ1n) is 5.85. The van der Waals surface area contributed by atoms with Gasteiger partial charge in [-0.3, -0.25) is 0 Å². The summed E-state index contributed by atoms with van der Waals surface area (Å²) in [6.07, 6.45) is 0.565. The number of halogens is 2. The third-order valence-corrected chi connectivity index (χ3v) is 3.28. The van der Waals surface area contributed by atoms with E-state index in [-0.39, 0.29) is 11.8 Å². The zero-order chi connectivity index (χ0) is 13.3. The van der Waals surface area contributed by atoms with Crippen LogP contribution < -0.4 is 10.5 Å². The Morgan fingerprint density at radius 2 is 2.06 bits per heavy atom. The fourth-order valence-corrected chi connectivity index (χ4v) is 2.44. The van der Waals surface area contributed by atoms with Crippen molar-refractivity contribution in [2.45, 2.75) is 24.8 Å². The maximum Gasteiger partial charge on any atom is 0.165 e. The molecule has 0 aliphatic carbocycles. The summed E-state index contributed by atoms with van der Waals surface area (Å²) in [4.78, 5) is 0. The lowest BCUT2D eigenvalue weighted by Gasteiger charge is -2.43. The highest BCUT2D eigenvalue weighted by molar-refractivity contribution is 5.37. The van der Waals surface area contributed by atoms with E-state index in [2.05, 4.69) is 0 Å². The van der Waals surface area contributed by atoms with Gasteiger partial charge in [-0.2, -0.15) is 0 Å². The van der Waals surface area contributed by atoms with Crippen molar-refractivity contribution in [2.75, 3.05) is 20.3 Å². The van der Waals surface area contributed by atoms with E-state index in [4.69, 9.17) is 15.2 Å². The molecule has 100 valence electrons. The number of benzene rings is 1. The SMILES string of the molecule is COc1cc(F)c(C2(CC(C)N)COC2)cc1F. The van der Waals surface area contributed by atoms with Crippen LogP contribution in [0.15, 0.2) is 12.1 Å². The van der Waals surface area contributed by atoms with E-state index in [0.717, 1.165) is 6.07 Å². The lowest BCUT2D eigenvalue weighted by atomic mass is 9.74. The summed E-state index contributed by atoms with van der Waals surface area (Å²) in [5.41, 5.74) is 5.59. The minimum absolute atomic E-state index is 0.0903. The van der Waals surface area contributed by atoms with Crippen LogP contribution in [0.25, 0.3) is 0 Å². The smallest absolute Gasteiger partial charge is 0.165 e. The van der Waals surface area contributed by atoms with Crippen molar-refractivity contribution in [3.8, 4) is 5.75 Å². The van der Waals surface area contributed by atoms with Crippen LogP contribution in [0.1, 0.15) is 18.9 Å². The third-order valence-electron chi connectivity index (χ3n) is 3.28. The molecule has 1 atom stereocenters. The van der Waals surface area contributed by atoms with Gasteiger partial charge in [0.2, 0.25) is 0 Å². The summed E-state index contributed by atoms with van der Waals surface area (Å²) in [5, 5.41) is 0. The van der Waals surface area contributed by atoms with Crippen molar-refractivity contribution in [3.05, 3.63) is 29.3 Å². The molecule has 0 radical (unpaired) electrons. The van der Waals surface area contributed by atoms with E-state index >= 15 is 0 Å². The van der Waals surface area contributed by atoms with Gasteiger partial charge >= 0.3 is 0 Å². The van der Waals surface area contributed by atoms with Crippen LogP contribution in [0.3, 0.4) is 0 Å². The normalized spacial score (nSPS) is 19.2. The van der Waals surface area contributed by atoms with E-state index in [9.17, 15) is 8.78 Å². The van der Waals surface area contributed by atoms with E-state index < -0.39 is 17.0 Å². The van der Waals surface area contributed by atoms with Gasteiger partial charge in [-0.05, 0) is 19.4 Å². The van der Waals surface area contributed by atoms with Gasteiger partial charge in [0.1, 0.15) is 5.82 Å². The highest BCUT2D eigenvalue weighted by Gasteiger charge is 2.43. The summed E-state index contributed by atoms with van der Waals surface area (Å²) in [5.74, 6) is -1.13. The second-order valence-corrected chi connectivity index (χ2v) is 4.92. The Hall–Kier alpha value is -1.20. The zero-order valence-corrected chi connectivity index (χ0v) is 10.5. The summed E-state index contributed by atoms with van der Waals surface area (Å²) >= 11 is 0. The number of methoxy groups -OCH3 is 1. The van der Waals surface area contributed by atoms with Crippen LogP contribution >= 0.6 is 0 Å². The number of hydrogen-bond acceptors (Lipinski definition) is 3. The molecule has 3 nitrogen and oxygen atoms in total. The van der Waals surface area contributed by atoms with Gasteiger partial charge < -0.3 is 15.2 Å². The molecule has 1 unspecified atom stereocenters. The maximum absolute atomic E-state index is 14.0. The second-order valence-electron chi connectivity index (χ2n) is 4.92. The van der Waals surface area contributed by atoms with Crippen molar-refractivity contribution in [1.29, 1.82) is 0 Å². The molecule has 1 aromatic carbocycles. The lowest BCUT2D eigenvalue weighted by Crippen LogP contribution is -2.50. The molecule has 1 aliphatic heterocycles. The molecule has 0 amide bonds. The molecule has 2 N–H and O–H groups in total. The minimum Gasteiger partial charge on any atom is -0.494 e. The monoisotopic (exact) mass is 257 g/mol. The fourth-order valence-electron chi connectivity index (χ4n) is 2.44. The van der Waals surface area contributed by atoms with Crippen molar-refractivity contribution < 1.29 is 18.3 Å². The molecular formula is C13H17F2NO2. The van der Waals surface area contributed by atoms with Gasteiger partial charge in [0.15, 0.2) is 11.6 Å². The third kappa shape index (κ3) is 2.20. The standard InChI is InChI=1S/C13H17F2NO2/c1-8(16)5-13(6-18-7-13)9-3-11(15)12(17-2)4-10(9)14/h3-4,8H,5-7,16H2,1-2H3.